The van der Waals surface area contributed by atoms with Gasteiger partial charge in [-0.1, -0.05) is 48.9 Å². The Balaban J connectivity index is 2.30. The number of allylic oxidation sites excluding steroid dienone is 2. The molecule has 2 aromatic rings. The first-order chi connectivity index (χ1) is 13.6. The third kappa shape index (κ3) is 5.55. The predicted octanol–water partition coefficient (Wildman–Crippen LogP) is 4.41. The molecule has 0 spiro atoms. The van der Waals surface area contributed by atoms with Crippen molar-refractivity contribution in [3.63, 3.8) is 0 Å². The third-order valence-corrected chi connectivity index (χ3v) is 4.72. The fourth-order valence-corrected chi connectivity index (χ4v) is 3.15. The number of carbonyl (C=O) groups is 3. The summed E-state index contributed by atoms with van der Waals surface area (Å²) in [5.74, 6) is -4.00. The molecule has 4 nitrogen and oxygen atoms in total. The third-order valence-electron chi connectivity index (χ3n) is 4.72. The molecule has 0 aromatic heterocycles. The molecule has 0 fully saturated rings. The second kappa shape index (κ2) is 9.52. The molecule has 0 aliphatic rings. The molecule has 152 valence electrons. The summed E-state index contributed by atoms with van der Waals surface area (Å²) in [6.07, 6.45) is -0.0163. The molecule has 5 heteroatoms. The number of benzene rings is 2. The van der Waals surface area contributed by atoms with Crippen LogP contribution in [0.5, 0.6) is 0 Å². The number of carbonyl (C=O) groups excluding carboxylic acids is 3. The van der Waals surface area contributed by atoms with Gasteiger partial charge in [0, 0.05) is 11.5 Å². The summed E-state index contributed by atoms with van der Waals surface area (Å²) in [4.78, 5) is 37.9. The van der Waals surface area contributed by atoms with Gasteiger partial charge < -0.3 is 5.11 Å². The Morgan fingerprint density at radius 3 is 1.83 bits per heavy atom. The van der Waals surface area contributed by atoms with E-state index in [0.29, 0.717) is 11.1 Å². The van der Waals surface area contributed by atoms with Crippen molar-refractivity contribution < 1.29 is 23.9 Å². The molecule has 0 aliphatic heterocycles. The van der Waals surface area contributed by atoms with Crippen LogP contribution in [0.4, 0.5) is 4.39 Å². The predicted molar refractivity (Wildman–Crippen MR) is 110 cm³/mol. The lowest BCUT2D eigenvalue weighted by molar-refractivity contribution is -0.137. The smallest absolute Gasteiger partial charge is 0.172 e. The van der Waals surface area contributed by atoms with Crippen molar-refractivity contribution in [1.82, 2.24) is 0 Å². The Hall–Kier alpha value is -2.92. The van der Waals surface area contributed by atoms with Crippen LogP contribution >= 0.6 is 0 Å². The van der Waals surface area contributed by atoms with E-state index in [1.165, 1.54) is 32.1 Å². The van der Waals surface area contributed by atoms with Crippen LogP contribution in [0.15, 0.2) is 60.2 Å². The van der Waals surface area contributed by atoms with E-state index in [9.17, 15) is 23.9 Å². The monoisotopic (exact) mass is 396 g/mol. The number of halogens is 1. The highest BCUT2D eigenvalue weighted by atomic mass is 19.1. The molecule has 0 aliphatic carbocycles. The van der Waals surface area contributed by atoms with Gasteiger partial charge in [-0.15, -0.1) is 0 Å². The standard InChI is InChI=1S/C24H25FO4/c1-14(2)13-21(27)22(24(29)16(4)26)15(3)23(28)19-7-5-17(6-8-19)18-9-11-20(25)12-10-18/h5-13,15-16,22,26H,1-4H3/t15-,16-,22?/m1/s1. The zero-order valence-corrected chi connectivity index (χ0v) is 17.0. The summed E-state index contributed by atoms with van der Waals surface area (Å²) in [5.41, 5.74) is 2.68. The number of hydrogen-bond donors (Lipinski definition) is 1. The van der Waals surface area contributed by atoms with Crippen molar-refractivity contribution in [3.05, 3.63) is 71.6 Å². The summed E-state index contributed by atoms with van der Waals surface area (Å²) in [5, 5.41) is 9.70. The maximum Gasteiger partial charge on any atom is 0.172 e. The maximum atomic E-state index is 13.1. The summed E-state index contributed by atoms with van der Waals surface area (Å²) >= 11 is 0. The van der Waals surface area contributed by atoms with Crippen LogP contribution in [0.2, 0.25) is 0 Å². The van der Waals surface area contributed by atoms with Gasteiger partial charge >= 0.3 is 0 Å². The van der Waals surface area contributed by atoms with Gasteiger partial charge in [-0.3, -0.25) is 14.4 Å². The minimum atomic E-state index is -1.34. The van der Waals surface area contributed by atoms with E-state index in [4.69, 9.17) is 0 Å². The Bertz CT molecular complexity index is 920. The summed E-state index contributed by atoms with van der Waals surface area (Å²) in [7, 11) is 0. The first-order valence-corrected chi connectivity index (χ1v) is 9.42. The number of Topliss-reactive ketones (excluding diaryl/α,β-unsaturated/α-hetero) is 2. The van der Waals surface area contributed by atoms with E-state index in [0.717, 1.165) is 11.1 Å². The van der Waals surface area contributed by atoms with Gasteiger partial charge in [0.1, 0.15) is 11.9 Å². The van der Waals surface area contributed by atoms with Crippen LogP contribution in [-0.2, 0) is 9.59 Å². The molecule has 0 amide bonds. The molecule has 2 aromatic carbocycles. The van der Waals surface area contributed by atoms with Gasteiger partial charge in [-0.2, -0.15) is 0 Å². The second-order valence-electron chi connectivity index (χ2n) is 7.42. The van der Waals surface area contributed by atoms with Gasteiger partial charge in [-0.05, 0) is 50.1 Å². The highest BCUT2D eigenvalue weighted by Crippen LogP contribution is 2.25. The van der Waals surface area contributed by atoms with Crippen LogP contribution in [0.1, 0.15) is 38.1 Å². The van der Waals surface area contributed by atoms with E-state index < -0.39 is 29.5 Å². The minimum Gasteiger partial charge on any atom is -0.386 e. The lowest BCUT2D eigenvalue weighted by Crippen LogP contribution is -2.38. The Morgan fingerprint density at radius 2 is 1.38 bits per heavy atom. The van der Waals surface area contributed by atoms with E-state index in [2.05, 4.69) is 0 Å². The van der Waals surface area contributed by atoms with Gasteiger partial charge in [0.2, 0.25) is 0 Å². The average molecular weight is 396 g/mol. The quantitative estimate of drug-likeness (QED) is 0.407. The highest BCUT2D eigenvalue weighted by molar-refractivity contribution is 6.13. The van der Waals surface area contributed by atoms with E-state index in [1.54, 1.807) is 50.2 Å². The summed E-state index contributed by atoms with van der Waals surface area (Å²) < 4.78 is 13.1. The summed E-state index contributed by atoms with van der Waals surface area (Å²) in [6, 6.07) is 12.7. The minimum absolute atomic E-state index is 0.329. The van der Waals surface area contributed by atoms with E-state index in [1.807, 2.05) is 0 Å². The van der Waals surface area contributed by atoms with E-state index in [-0.39, 0.29) is 11.6 Å². The zero-order chi connectivity index (χ0) is 21.7. The van der Waals surface area contributed by atoms with Crippen LogP contribution in [0, 0.1) is 17.7 Å². The molecule has 0 radical (unpaired) electrons. The van der Waals surface area contributed by atoms with Gasteiger partial charge in [0.25, 0.3) is 0 Å². The Labute approximate surface area is 170 Å². The van der Waals surface area contributed by atoms with Crippen molar-refractivity contribution in [2.45, 2.75) is 33.8 Å². The van der Waals surface area contributed by atoms with Crippen LogP contribution in [-0.4, -0.2) is 28.6 Å². The van der Waals surface area contributed by atoms with E-state index >= 15 is 0 Å². The number of aliphatic hydroxyl groups is 1. The number of aliphatic hydroxyl groups excluding tert-OH is 1. The average Bonchev–Trinajstić information content (AvgIpc) is 2.67. The molecule has 2 rings (SSSR count). The first-order valence-electron chi connectivity index (χ1n) is 9.42. The van der Waals surface area contributed by atoms with Gasteiger partial charge in [0.05, 0.1) is 5.92 Å². The molecule has 0 heterocycles. The van der Waals surface area contributed by atoms with Gasteiger partial charge in [-0.25, -0.2) is 4.39 Å². The lowest BCUT2D eigenvalue weighted by atomic mass is 9.79. The molecule has 0 saturated carbocycles. The van der Waals surface area contributed by atoms with Gasteiger partial charge in [0.15, 0.2) is 17.3 Å². The van der Waals surface area contributed by atoms with Crippen molar-refractivity contribution in [1.29, 1.82) is 0 Å². The van der Waals surface area contributed by atoms with Crippen LogP contribution in [0.25, 0.3) is 11.1 Å². The molecule has 1 N–H and O–H groups in total. The van der Waals surface area contributed by atoms with Crippen molar-refractivity contribution in [2.24, 2.45) is 11.8 Å². The van der Waals surface area contributed by atoms with Crippen molar-refractivity contribution in [3.8, 4) is 11.1 Å². The zero-order valence-electron chi connectivity index (χ0n) is 17.0. The topological polar surface area (TPSA) is 71.4 Å². The SMILES string of the molecule is CC(C)=CC(=O)C(C(=O)[C@@H](C)O)[C@@H](C)C(=O)c1ccc(-c2ccc(F)cc2)cc1. The second-order valence-corrected chi connectivity index (χ2v) is 7.42. The number of rotatable bonds is 8. The molecular formula is C24H25FO4. The fourth-order valence-electron chi connectivity index (χ4n) is 3.15. The lowest BCUT2D eigenvalue weighted by Gasteiger charge is -2.21. The van der Waals surface area contributed by atoms with Crippen molar-refractivity contribution in [2.75, 3.05) is 0 Å². The normalized spacial score (nSPS) is 13.9. The molecule has 3 atom stereocenters. The highest BCUT2D eigenvalue weighted by Gasteiger charge is 2.37. The van der Waals surface area contributed by atoms with Crippen molar-refractivity contribution >= 4 is 17.3 Å². The number of ketones is 3. The van der Waals surface area contributed by atoms with Crippen LogP contribution < -0.4 is 0 Å². The molecular weight excluding hydrogens is 371 g/mol. The molecule has 29 heavy (non-hydrogen) atoms. The fraction of sp³-hybridized carbons (Fsp3) is 0.292. The molecule has 1 unspecified atom stereocenters. The maximum absolute atomic E-state index is 13.1. The Kier molecular flexibility index (Phi) is 7.35. The largest absolute Gasteiger partial charge is 0.386 e. The number of hydrogen-bond acceptors (Lipinski definition) is 4. The molecule has 0 bridgehead atoms. The molecule has 0 saturated heterocycles. The first kappa shape index (κ1) is 22.4. The summed E-state index contributed by atoms with van der Waals surface area (Å²) in [6.45, 7) is 6.27. The van der Waals surface area contributed by atoms with Crippen LogP contribution in [0.3, 0.4) is 0 Å². The Morgan fingerprint density at radius 1 is 0.897 bits per heavy atom.